The summed E-state index contributed by atoms with van der Waals surface area (Å²) in [5.74, 6) is 1.09. The number of carbonyl (C=O) groups excluding carboxylic acids is 1. The summed E-state index contributed by atoms with van der Waals surface area (Å²) in [6, 6.07) is 13.0. The van der Waals surface area contributed by atoms with Gasteiger partial charge in [-0.3, -0.25) is 4.79 Å². The maximum absolute atomic E-state index is 12.9. The van der Waals surface area contributed by atoms with E-state index in [1.807, 2.05) is 19.9 Å². The summed E-state index contributed by atoms with van der Waals surface area (Å²) >= 11 is 0. The van der Waals surface area contributed by atoms with E-state index in [2.05, 4.69) is 56.4 Å². The van der Waals surface area contributed by atoms with Crippen molar-refractivity contribution in [3.05, 3.63) is 64.2 Å². The van der Waals surface area contributed by atoms with Crippen LogP contribution in [0.2, 0.25) is 0 Å². The first-order valence-corrected chi connectivity index (χ1v) is 11.1. The van der Waals surface area contributed by atoms with Crippen LogP contribution in [0.4, 0.5) is 0 Å². The van der Waals surface area contributed by atoms with Crippen LogP contribution >= 0.6 is 0 Å². The summed E-state index contributed by atoms with van der Waals surface area (Å²) < 4.78 is 6.11. The van der Waals surface area contributed by atoms with Crippen molar-refractivity contribution in [2.45, 2.75) is 84.8 Å². The molecule has 0 aliphatic heterocycles. The van der Waals surface area contributed by atoms with Gasteiger partial charge in [0.25, 0.3) is 5.91 Å². The van der Waals surface area contributed by atoms with E-state index in [-0.39, 0.29) is 11.9 Å². The van der Waals surface area contributed by atoms with Crippen LogP contribution in [-0.2, 0) is 17.6 Å². The third-order valence-corrected chi connectivity index (χ3v) is 5.96. The van der Waals surface area contributed by atoms with Crippen LogP contribution < -0.4 is 10.1 Å². The average Bonchev–Trinajstić information content (AvgIpc) is 2.71. The van der Waals surface area contributed by atoms with Crippen LogP contribution in [0.15, 0.2) is 36.4 Å². The summed E-state index contributed by atoms with van der Waals surface area (Å²) in [6.45, 7) is 10.3. The van der Waals surface area contributed by atoms with E-state index in [0.717, 1.165) is 29.7 Å². The second-order valence-electron chi connectivity index (χ2n) is 8.66. The molecule has 3 rings (SSSR count). The Morgan fingerprint density at radius 1 is 1.03 bits per heavy atom. The quantitative estimate of drug-likeness (QED) is 0.623. The first-order valence-electron chi connectivity index (χ1n) is 11.1. The van der Waals surface area contributed by atoms with Gasteiger partial charge in [0.2, 0.25) is 0 Å². The minimum atomic E-state index is -0.541. The molecule has 1 aliphatic rings. The van der Waals surface area contributed by atoms with Crippen molar-refractivity contribution in [2.75, 3.05) is 0 Å². The second-order valence-corrected chi connectivity index (χ2v) is 8.66. The van der Waals surface area contributed by atoms with E-state index in [1.54, 1.807) is 0 Å². The molecule has 2 atom stereocenters. The van der Waals surface area contributed by atoms with Gasteiger partial charge in [-0.2, -0.15) is 0 Å². The topological polar surface area (TPSA) is 38.3 Å². The Labute approximate surface area is 175 Å². The largest absolute Gasteiger partial charge is 0.481 e. The predicted molar refractivity (Wildman–Crippen MR) is 120 cm³/mol. The van der Waals surface area contributed by atoms with E-state index in [9.17, 15) is 4.79 Å². The molecule has 0 radical (unpaired) electrons. The molecular formula is C26H35NO2. The maximum atomic E-state index is 12.9. The molecule has 2 aromatic carbocycles. The summed E-state index contributed by atoms with van der Waals surface area (Å²) in [5, 5.41) is 3.21. The van der Waals surface area contributed by atoms with Gasteiger partial charge in [0.05, 0.1) is 6.04 Å². The smallest absolute Gasteiger partial charge is 0.261 e. The van der Waals surface area contributed by atoms with Gasteiger partial charge in [0, 0.05) is 0 Å². The van der Waals surface area contributed by atoms with Crippen LogP contribution in [0.5, 0.6) is 5.75 Å². The minimum Gasteiger partial charge on any atom is -0.481 e. The average molecular weight is 394 g/mol. The zero-order chi connectivity index (χ0) is 21.0. The number of hydrogen-bond acceptors (Lipinski definition) is 2. The number of amides is 1. The Hall–Kier alpha value is -2.29. The van der Waals surface area contributed by atoms with Gasteiger partial charge in [0.15, 0.2) is 6.10 Å². The van der Waals surface area contributed by atoms with Crippen LogP contribution in [-0.4, -0.2) is 12.0 Å². The van der Waals surface area contributed by atoms with Crippen LogP contribution in [0.3, 0.4) is 0 Å². The molecule has 1 aliphatic carbocycles. The summed E-state index contributed by atoms with van der Waals surface area (Å²) in [5.41, 5.74) is 6.40. The highest BCUT2D eigenvalue weighted by molar-refractivity contribution is 5.81. The van der Waals surface area contributed by atoms with Gasteiger partial charge < -0.3 is 10.1 Å². The molecule has 3 nitrogen and oxygen atoms in total. The molecule has 1 N–H and O–H groups in total. The molecule has 0 spiro atoms. The standard InChI is InChI=1S/C26H35NO2/c1-6-24(22-13-12-20-9-7-8-10-21(20)16-22)27-26(28)19(5)29-25-15-18(4)11-14-23(25)17(2)3/h11-17,19,24H,6-10H2,1-5H3,(H,27,28)/t19-,24+/m1/s1. The highest BCUT2D eigenvalue weighted by Gasteiger charge is 2.22. The Kier molecular flexibility index (Phi) is 7.00. The summed E-state index contributed by atoms with van der Waals surface area (Å²) in [6.07, 6.45) is 5.20. The van der Waals surface area contributed by atoms with E-state index >= 15 is 0 Å². The van der Waals surface area contributed by atoms with Crippen molar-refractivity contribution in [2.24, 2.45) is 0 Å². The van der Waals surface area contributed by atoms with Gasteiger partial charge in [-0.25, -0.2) is 0 Å². The van der Waals surface area contributed by atoms with E-state index in [1.165, 1.54) is 36.0 Å². The lowest BCUT2D eigenvalue weighted by molar-refractivity contribution is -0.128. The first kappa shape index (κ1) is 21.4. The number of ether oxygens (including phenoxy) is 1. The molecule has 2 aromatic rings. The molecule has 0 unspecified atom stereocenters. The lowest BCUT2D eigenvalue weighted by atomic mass is 9.89. The molecule has 0 bridgehead atoms. The van der Waals surface area contributed by atoms with Gasteiger partial charge in [0.1, 0.15) is 5.75 Å². The Morgan fingerprint density at radius 3 is 2.45 bits per heavy atom. The van der Waals surface area contributed by atoms with Gasteiger partial charge >= 0.3 is 0 Å². The molecule has 1 amide bonds. The Morgan fingerprint density at radius 2 is 1.76 bits per heavy atom. The van der Waals surface area contributed by atoms with Crippen LogP contribution in [0.1, 0.15) is 86.7 Å². The van der Waals surface area contributed by atoms with Crippen LogP contribution in [0, 0.1) is 6.92 Å². The number of rotatable bonds is 7. The number of benzene rings is 2. The third kappa shape index (κ3) is 5.20. The van der Waals surface area contributed by atoms with E-state index < -0.39 is 6.10 Å². The number of fused-ring (bicyclic) bond motifs is 1. The van der Waals surface area contributed by atoms with Gasteiger partial charge in [-0.15, -0.1) is 0 Å². The number of hydrogen-bond donors (Lipinski definition) is 1. The fraction of sp³-hybridized carbons (Fsp3) is 0.500. The third-order valence-electron chi connectivity index (χ3n) is 5.96. The maximum Gasteiger partial charge on any atom is 0.261 e. The molecule has 29 heavy (non-hydrogen) atoms. The van der Waals surface area contributed by atoms with E-state index in [0.29, 0.717) is 5.92 Å². The van der Waals surface area contributed by atoms with Crippen LogP contribution in [0.25, 0.3) is 0 Å². The van der Waals surface area contributed by atoms with Crippen molar-refractivity contribution in [3.63, 3.8) is 0 Å². The number of nitrogens with one attached hydrogen (secondary N) is 1. The highest BCUT2D eigenvalue weighted by atomic mass is 16.5. The fourth-order valence-electron chi connectivity index (χ4n) is 4.14. The van der Waals surface area contributed by atoms with Crippen molar-refractivity contribution in [3.8, 4) is 5.75 Å². The normalized spacial score (nSPS) is 15.5. The van der Waals surface area contributed by atoms with Gasteiger partial charge in [-0.05, 0) is 85.8 Å². The molecule has 0 saturated heterocycles. The Bertz CT molecular complexity index is 856. The summed E-state index contributed by atoms with van der Waals surface area (Å²) in [4.78, 5) is 12.9. The van der Waals surface area contributed by atoms with Crippen molar-refractivity contribution in [1.82, 2.24) is 5.32 Å². The zero-order valence-corrected chi connectivity index (χ0v) is 18.5. The number of carbonyl (C=O) groups is 1. The highest BCUT2D eigenvalue weighted by Crippen LogP contribution is 2.29. The lowest BCUT2D eigenvalue weighted by Gasteiger charge is -2.24. The minimum absolute atomic E-state index is 0.0165. The number of aryl methyl sites for hydroxylation is 3. The monoisotopic (exact) mass is 393 g/mol. The molecule has 0 saturated carbocycles. The van der Waals surface area contributed by atoms with Gasteiger partial charge in [-0.1, -0.05) is 51.1 Å². The SMILES string of the molecule is CC[C@H](NC(=O)[C@@H](C)Oc1cc(C)ccc1C(C)C)c1ccc2c(c1)CCCC2. The Balaban J connectivity index is 1.71. The lowest BCUT2D eigenvalue weighted by Crippen LogP contribution is -2.38. The van der Waals surface area contributed by atoms with Crippen molar-refractivity contribution >= 4 is 5.91 Å². The molecule has 156 valence electrons. The second kappa shape index (κ2) is 9.47. The molecular weight excluding hydrogens is 358 g/mol. The van der Waals surface area contributed by atoms with Crippen molar-refractivity contribution in [1.29, 1.82) is 0 Å². The fourth-order valence-corrected chi connectivity index (χ4v) is 4.14. The first-order chi connectivity index (χ1) is 13.9. The molecule has 0 fully saturated rings. The molecule has 3 heteroatoms. The summed E-state index contributed by atoms with van der Waals surface area (Å²) in [7, 11) is 0. The van der Waals surface area contributed by atoms with Crippen molar-refractivity contribution < 1.29 is 9.53 Å². The molecule has 0 heterocycles. The van der Waals surface area contributed by atoms with E-state index in [4.69, 9.17) is 4.74 Å². The molecule has 0 aromatic heterocycles. The predicted octanol–water partition coefficient (Wildman–Crippen LogP) is 6.03. The zero-order valence-electron chi connectivity index (χ0n) is 18.5.